The van der Waals surface area contributed by atoms with Crippen molar-refractivity contribution in [2.75, 3.05) is 6.54 Å². The van der Waals surface area contributed by atoms with Crippen molar-refractivity contribution in [2.24, 2.45) is 11.8 Å². The second-order valence-electron chi connectivity index (χ2n) is 4.26. The van der Waals surface area contributed by atoms with Crippen LogP contribution < -0.4 is 5.32 Å². The maximum Gasteiger partial charge on any atom is 0.308 e. The number of hydrogen-bond donors (Lipinski definition) is 2. The minimum atomic E-state index is -0.607. The van der Waals surface area contributed by atoms with Crippen molar-refractivity contribution in [1.82, 2.24) is 5.32 Å². The molecule has 0 aromatic rings. The van der Waals surface area contributed by atoms with E-state index in [2.05, 4.69) is 5.32 Å². The van der Waals surface area contributed by atoms with Crippen LogP contribution >= 0.6 is 0 Å². The Balaban J connectivity index is 1.99. The fourth-order valence-electron chi connectivity index (χ4n) is 2.48. The highest BCUT2D eigenvalue weighted by Crippen LogP contribution is 2.35. The van der Waals surface area contributed by atoms with Gasteiger partial charge in [0.15, 0.2) is 0 Å². The summed E-state index contributed by atoms with van der Waals surface area (Å²) in [6, 6.07) is 0.264. The van der Waals surface area contributed by atoms with Gasteiger partial charge in [0.1, 0.15) is 0 Å². The molecule has 2 unspecified atom stereocenters. The van der Waals surface area contributed by atoms with Crippen LogP contribution in [0.3, 0.4) is 0 Å². The Labute approximate surface area is 78.5 Å². The van der Waals surface area contributed by atoms with Crippen LogP contribution in [0.5, 0.6) is 0 Å². The van der Waals surface area contributed by atoms with Gasteiger partial charge in [0.05, 0.1) is 5.92 Å². The lowest BCUT2D eigenvalue weighted by atomic mass is 9.72. The van der Waals surface area contributed by atoms with E-state index in [1.807, 2.05) is 0 Å². The molecule has 3 nitrogen and oxygen atoms in total. The molecule has 2 N–H and O–H groups in total. The summed E-state index contributed by atoms with van der Waals surface area (Å²) in [5, 5.41) is 12.4. The zero-order valence-corrected chi connectivity index (χ0v) is 7.83. The summed E-state index contributed by atoms with van der Waals surface area (Å²) in [5.41, 5.74) is 0. The quantitative estimate of drug-likeness (QED) is 0.677. The molecule has 0 radical (unpaired) electrons. The lowest BCUT2D eigenvalue weighted by molar-refractivity contribution is -0.144. The SMILES string of the molecule is O=C(O)C1CCCNC1C1CCC1. The zero-order valence-electron chi connectivity index (χ0n) is 7.83. The van der Waals surface area contributed by atoms with Gasteiger partial charge in [-0.05, 0) is 38.1 Å². The Hall–Kier alpha value is -0.570. The van der Waals surface area contributed by atoms with Gasteiger partial charge in [0.25, 0.3) is 0 Å². The third kappa shape index (κ3) is 1.70. The van der Waals surface area contributed by atoms with Crippen molar-refractivity contribution in [1.29, 1.82) is 0 Å². The van der Waals surface area contributed by atoms with E-state index in [0.29, 0.717) is 5.92 Å². The van der Waals surface area contributed by atoms with E-state index in [1.54, 1.807) is 0 Å². The Bertz CT molecular complexity index is 201. The van der Waals surface area contributed by atoms with Crippen molar-refractivity contribution in [3.8, 4) is 0 Å². The first kappa shape index (κ1) is 9.00. The molecule has 2 aliphatic rings. The lowest BCUT2D eigenvalue weighted by Gasteiger charge is -2.40. The standard InChI is InChI=1S/C10H17NO2/c12-10(13)8-5-2-6-11-9(8)7-3-1-4-7/h7-9,11H,1-6H2,(H,12,13). The van der Waals surface area contributed by atoms with Gasteiger partial charge in [-0.25, -0.2) is 0 Å². The summed E-state index contributed by atoms with van der Waals surface area (Å²) in [4.78, 5) is 11.0. The van der Waals surface area contributed by atoms with E-state index in [0.717, 1.165) is 19.4 Å². The van der Waals surface area contributed by atoms with Gasteiger partial charge < -0.3 is 10.4 Å². The number of rotatable bonds is 2. The smallest absolute Gasteiger partial charge is 0.308 e. The highest BCUT2D eigenvalue weighted by Gasteiger charge is 2.38. The van der Waals surface area contributed by atoms with Crippen LogP contribution in [0, 0.1) is 11.8 Å². The maximum atomic E-state index is 11.0. The van der Waals surface area contributed by atoms with Crippen LogP contribution in [0.4, 0.5) is 0 Å². The lowest BCUT2D eigenvalue weighted by Crippen LogP contribution is -2.50. The summed E-state index contributed by atoms with van der Waals surface area (Å²) >= 11 is 0. The average molecular weight is 183 g/mol. The molecule has 0 bridgehead atoms. The van der Waals surface area contributed by atoms with E-state index in [4.69, 9.17) is 5.11 Å². The third-order valence-corrected chi connectivity index (χ3v) is 3.48. The van der Waals surface area contributed by atoms with Gasteiger partial charge in [0.2, 0.25) is 0 Å². The van der Waals surface area contributed by atoms with Crippen LogP contribution in [0.15, 0.2) is 0 Å². The highest BCUT2D eigenvalue weighted by molar-refractivity contribution is 5.71. The largest absolute Gasteiger partial charge is 0.481 e. The average Bonchev–Trinajstić information content (AvgIpc) is 2.02. The number of hydrogen-bond acceptors (Lipinski definition) is 2. The molecule has 0 aromatic carbocycles. The highest BCUT2D eigenvalue weighted by atomic mass is 16.4. The normalized spacial score (nSPS) is 35.4. The molecule has 0 aromatic heterocycles. The fourth-order valence-corrected chi connectivity index (χ4v) is 2.48. The number of nitrogens with one attached hydrogen (secondary N) is 1. The Kier molecular flexibility index (Phi) is 2.54. The Morgan fingerprint density at radius 3 is 2.54 bits per heavy atom. The van der Waals surface area contributed by atoms with E-state index in [1.165, 1.54) is 19.3 Å². The zero-order chi connectivity index (χ0) is 9.26. The van der Waals surface area contributed by atoms with Crippen molar-refractivity contribution in [3.05, 3.63) is 0 Å². The molecule has 1 heterocycles. The number of carboxylic acids is 1. The molecule has 2 rings (SSSR count). The van der Waals surface area contributed by atoms with Crippen molar-refractivity contribution < 1.29 is 9.90 Å². The molecule has 0 spiro atoms. The molecule has 1 saturated carbocycles. The molecular weight excluding hydrogens is 166 g/mol. The summed E-state index contributed by atoms with van der Waals surface area (Å²) in [6.07, 6.45) is 5.61. The predicted molar refractivity (Wildman–Crippen MR) is 49.5 cm³/mol. The minimum Gasteiger partial charge on any atom is -0.481 e. The number of aliphatic carboxylic acids is 1. The van der Waals surface area contributed by atoms with Crippen molar-refractivity contribution in [3.63, 3.8) is 0 Å². The second-order valence-corrected chi connectivity index (χ2v) is 4.26. The number of piperidine rings is 1. The van der Waals surface area contributed by atoms with Gasteiger partial charge in [-0.2, -0.15) is 0 Å². The Morgan fingerprint density at radius 2 is 2.00 bits per heavy atom. The first-order chi connectivity index (χ1) is 6.29. The number of carboxylic acid groups (broad SMARTS) is 1. The van der Waals surface area contributed by atoms with E-state index in [9.17, 15) is 4.79 Å². The molecule has 13 heavy (non-hydrogen) atoms. The van der Waals surface area contributed by atoms with Crippen LogP contribution in [0.1, 0.15) is 32.1 Å². The van der Waals surface area contributed by atoms with Crippen LogP contribution in [-0.4, -0.2) is 23.7 Å². The summed E-state index contributed by atoms with van der Waals surface area (Å²) in [7, 11) is 0. The van der Waals surface area contributed by atoms with Gasteiger partial charge in [-0.3, -0.25) is 4.79 Å². The van der Waals surface area contributed by atoms with Gasteiger partial charge in [-0.1, -0.05) is 6.42 Å². The van der Waals surface area contributed by atoms with E-state index in [-0.39, 0.29) is 12.0 Å². The summed E-state index contributed by atoms with van der Waals surface area (Å²) in [6.45, 7) is 1.00. The molecule has 74 valence electrons. The van der Waals surface area contributed by atoms with Crippen LogP contribution in [-0.2, 0) is 4.79 Å². The second kappa shape index (κ2) is 3.66. The van der Waals surface area contributed by atoms with Gasteiger partial charge in [0, 0.05) is 6.04 Å². The molecule has 1 aliphatic heterocycles. The third-order valence-electron chi connectivity index (χ3n) is 3.48. The summed E-state index contributed by atoms with van der Waals surface area (Å²) < 4.78 is 0. The molecule has 1 aliphatic carbocycles. The molecule has 3 heteroatoms. The molecule has 2 fully saturated rings. The molecular formula is C10H17NO2. The maximum absolute atomic E-state index is 11.0. The summed E-state index contributed by atoms with van der Waals surface area (Å²) in [5.74, 6) is -0.0930. The van der Waals surface area contributed by atoms with E-state index >= 15 is 0 Å². The predicted octanol–water partition coefficient (Wildman–Crippen LogP) is 1.24. The van der Waals surface area contributed by atoms with Gasteiger partial charge in [-0.15, -0.1) is 0 Å². The van der Waals surface area contributed by atoms with Crippen LogP contribution in [0.2, 0.25) is 0 Å². The van der Waals surface area contributed by atoms with Crippen molar-refractivity contribution >= 4 is 5.97 Å². The molecule has 2 atom stereocenters. The monoisotopic (exact) mass is 183 g/mol. The topological polar surface area (TPSA) is 49.3 Å². The number of carbonyl (C=O) groups is 1. The molecule has 1 saturated heterocycles. The minimum absolute atomic E-state index is 0.126. The van der Waals surface area contributed by atoms with E-state index < -0.39 is 5.97 Å². The van der Waals surface area contributed by atoms with Crippen LogP contribution in [0.25, 0.3) is 0 Å². The first-order valence-electron chi connectivity index (χ1n) is 5.25. The first-order valence-corrected chi connectivity index (χ1v) is 5.25. The van der Waals surface area contributed by atoms with Crippen molar-refractivity contribution in [2.45, 2.75) is 38.1 Å². The Morgan fingerprint density at radius 1 is 1.23 bits per heavy atom. The molecule has 0 amide bonds. The van der Waals surface area contributed by atoms with Gasteiger partial charge >= 0.3 is 5.97 Å². The fraction of sp³-hybridized carbons (Fsp3) is 0.900.